The zero-order chi connectivity index (χ0) is 20.1. The van der Waals surface area contributed by atoms with Gasteiger partial charge in [0.25, 0.3) is 5.91 Å². The van der Waals surface area contributed by atoms with Crippen molar-refractivity contribution in [1.29, 1.82) is 0 Å². The van der Waals surface area contributed by atoms with Gasteiger partial charge >= 0.3 is 0 Å². The monoisotopic (exact) mass is 390 g/mol. The fraction of sp³-hybridized carbons (Fsp3) is 0.864. The molecule has 0 bridgehead atoms. The fourth-order valence-corrected chi connectivity index (χ4v) is 5.24. The van der Waals surface area contributed by atoms with Crippen LogP contribution in [0.3, 0.4) is 0 Å². The van der Waals surface area contributed by atoms with Gasteiger partial charge in [-0.3, -0.25) is 14.5 Å². The standard InChI is InChI=1S/C22H38N4O2/c1-3-4-10-19(27)18-12-11-17(24-18)15-22(20(28)26(2)21(23)25-22)14-13-16-8-6-5-7-9-16/h16-18,24H,3-15H2,1-2H3,(H2,23,25)/t17-,18?,22+/m1/s1. The first-order valence-electron chi connectivity index (χ1n) is 11.4. The van der Waals surface area contributed by atoms with E-state index in [0.717, 1.165) is 38.5 Å². The van der Waals surface area contributed by atoms with Crippen molar-refractivity contribution < 1.29 is 9.59 Å². The molecular formula is C22H38N4O2. The molecule has 6 heteroatoms. The van der Waals surface area contributed by atoms with Crippen LogP contribution in [0.15, 0.2) is 4.99 Å². The second-order valence-corrected chi connectivity index (χ2v) is 9.18. The molecule has 28 heavy (non-hydrogen) atoms. The molecule has 3 atom stereocenters. The third-order valence-electron chi connectivity index (χ3n) is 7.06. The normalized spacial score (nSPS) is 31.4. The number of likely N-dealkylation sites (N-methyl/N-ethyl adjacent to an activating group) is 1. The average Bonchev–Trinajstić information content (AvgIpc) is 3.25. The summed E-state index contributed by atoms with van der Waals surface area (Å²) in [5, 5.41) is 3.51. The molecule has 2 fully saturated rings. The lowest BCUT2D eigenvalue weighted by Crippen LogP contribution is -2.46. The number of carbonyl (C=O) groups is 2. The van der Waals surface area contributed by atoms with Gasteiger partial charge in [0.1, 0.15) is 11.3 Å². The molecule has 0 aromatic heterocycles. The van der Waals surface area contributed by atoms with Crippen molar-refractivity contribution in [3.05, 3.63) is 0 Å². The first kappa shape index (κ1) is 21.3. The Labute approximate surface area is 169 Å². The molecule has 2 aliphatic heterocycles. The number of carbonyl (C=O) groups excluding carboxylic acids is 2. The summed E-state index contributed by atoms with van der Waals surface area (Å²) in [5.74, 6) is 1.39. The van der Waals surface area contributed by atoms with Crippen molar-refractivity contribution in [2.45, 2.75) is 108 Å². The van der Waals surface area contributed by atoms with E-state index >= 15 is 0 Å². The lowest BCUT2D eigenvalue weighted by atomic mass is 9.79. The third kappa shape index (κ3) is 4.76. The Balaban J connectivity index is 1.63. The van der Waals surface area contributed by atoms with E-state index in [0.29, 0.717) is 30.5 Å². The highest BCUT2D eigenvalue weighted by atomic mass is 16.2. The van der Waals surface area contributed by atoms with Gasteiger partial charge in [-0.1, -0.05) is 45.4 Å². The molecule has 1 aliphatic carbocycles. The van der Waals surface area contributed by atoms with Crippen LogP contribution < -0.4 is 11.1 Å². The average molecular weight is 391 g/mol. The number of unbranched alkanes of at least 4 members (excludes halogenated alkanes) is 1. The molecule has 3 aliphatic rings. The van der Waals surface area contributed by atoms with Gasteiger partial charge in [0.05, 0.1) is 6.04 Å². The van der Waals surface area contributed by atoms with Gasteiger partial charge in [0.15, 0.2) is 5.96 Å². The zero-order valence-electron chi connectivity index (χ0n) is 17.7. The lowest BCUT2D eigenvalue weighted by Gasteiger charge is -2.30. The molecule has 6 nitrogen and oxygen atoms in total. The van der Waals surface area contributed by atoms with E-state index in [-0.39, 0.29) is 18.0 Å². The molecule has 0 radical (unpaired) electrons. The second kappa shape index (κ2) is 9.38. The molecule has 1 amide bonds. The molecule has 0 aromatic rings. The van der Waals surface area contributed by atoms with E-state index in [4.69, 9.17) is 10.7 Å². The SMILES string of the molecule is CCCCC(=O)C1CC[C@H](C[C@]2(CCC3CCCCC3)N=C(N)N(C)C2=O)N1. The molecule has 2 heterocycles. The van der Waals surface area contributed by atoms with Gasteiger partial charge in [-0.25, -0.2) is 4.99 Å². The summed E-state index contributed by atoms with van der Waals surface area (Å²) in [6.45, 7) is 2.11. The predicted octanol–water partition coefficient (Wildman–Crippen LogP) is 3.14. The number of aliphatic imine (C=N–C) groups is 1. The number of guanidine groups is 1. The van der Waals surface area contributed by atoms with Crippen LogP contribution in [0.4, 0.5) is 0 Å². The number of amides is 1. The topological polar surface area (TPSA) is 87.8 Å². The molecule has 0 spiro atoms. The summed E-state index contributed by atoms with van der Waals surface area (Å²) in [6, 6.07) is 0.108. The second-order valence-electron chi connectivity index (χ2n) is 9.18. The van der Waals surface area contributed by atoms with Crippen LogP contribution in [0.2, 0.25) is 0 Å². The Bertz CT molecular complexity index is 599. The Hall–Kier alpha value is -1.43. The van der Waals surface area contributed by atoms with Crippen molar-refractivity contribution in [2.75, 3.05) is 7.05 Å². The van der Waals surface area contributed by atoms with E-state index in [2.05, 4.69) is 12.2 Å². The number of hydrogen-bond donors (Lipinski definition) is 2. The Morgan fingerprint density at radius 2 is 2.00 bits per heavy atom. The summed E-state index contributed by atoms with van der Waals surface area (Å²) in [6.07, 6.45) is 13.4. The number of Topliss-reactive ketones (excluding diaryl/α,β-unsaturated/α-hetero) is 1. The third-order valence-corrected chi connectivity index (χ3v) is 7.06. The van der Waals surface area contributed by atoms with Crippen LogP contribution in [0.5, 0.6) is 0 Å². The van der Waals surface area contributed by atoms with Crippen molar-refractivity contribution in [3.63, 3.8) is 0 Å². The molecule has 158 valence electrons. The maximum absolute atomic E-state index is 13.1. The van der Waals surface area contributed by atoms with E-state index < -0.39 is 5.54 Å². The quantitative estimate of drug-likeness (QED) is 0.633. The van der Waals surface area contributed by atoms with Crippen molar-refractivity contribution >= 4 is 17.6 Å². The Kier molecular flexibility index (Phi) is 7.13. The summed E-state index contributed by atoms with van der Waals surface area (Å²) >= 11 is 0. The van der Waals surface area contributed by atoms with E-state index in [1.165, 1.54) is 37.0 Å². The van der Waals surface area contributed by atoms with Gasteiger partial charge in [0, 0.05) is 19.5 Å². The number of rotatable bonds is 9. The molecule has 3 rings (SSSR count). The fourth-order valence-electron chi connectivity index (χ4n) is 5.24. The maximum atomic E-state index is 13.1. The summed E-state index contributed by atoms with van der Waals surface area (Å²) in [4.78, 5) is 31.7. The Morgan fingerprint density at radius 3 is 2.64 bits per heavy atom. The molecular weight excluding hydrogens is 352 g/mol. The van der Waals surface area contributed by atoms with Crippen LogP contribution in [0, 0.1) is 5.92 Å². The first-order valence-corrected chi connectivity index (χ1v) is 11.4. The van der Waals surface area contributed by atoms with Crippen molar-refractivity contribution in [3.8, 4) is 0 Å². The van der Waals surface area contributed by atoms with Gasteiger partial charge in [-0.15, -0.1) is 0 Å². The zero-order valence-corrected chi connectivity index (χ0v) is 17.7. The molecule has 1 saturated heterocycles. The summed E-state index contributed by atoms with van der Waals surface area (Å²) in [7, 11) is 1.72. The molecule has 1 saturated carbocycles. The van der Waals surface area contributed by atoms with Crippen LogP contribution in [0.1, 0.15) is 90.4 Å². The minimum absolute atomic E-state index is 0.0309. The molecule has 3 N–H and O–H groups in total. The predicted molar refractivity (Wildman–Crippen MR) is 112 cm³/mol. The van der Waals surface area contributed by atoms with Gasteiger partial charge < -0.3 is 11.1 Å². The molecule has 1 unspecified atom stereocenters. The van der Waals surface area contributed by atoms with Crippen molar-refractivity contribution in [2.24, 2.45) is 16.6 Å². The number of nitrogens with two attached hydrogens (primary N) is 1. The summed E-state index contributed by atoms with van der Waals surface area (Å²) < 4.78 is 0. The largest absolute Gasteiger partial charge is 0.369 e. The van der Waals surface area contributed by atoms with Crippen molar-refractivity contribution in [1.82, 2.24) is 10.2 Å². The van der Waals surface area contributed by atoms with E-state index in [9.17, 15) is 9.59 Å². The lowest BCUT2D eigenvalue weighted by molar-refractivity contribution is -0.131. The number of hydrogen-bond acceptors (Lipinski definition) is 5. The number of nitrogens with one attached hydrogen (secondary N) is 1. The highest BCUT2D eigenvalue weighted by molar-refractivity contribution is 6.06. The van der Waals surface area contributed by atoms with E-state index in [1.54, 1.807) is 7.05 Å². The number of nitrogens with zero attached hydrogens (tertiary/aromatic N) is 2. The highest BCUT2D eigenvalue weighted by Crippen LogP contribution is 2.37. The summed E-state index contributed by atoms with van der Waals surface area (Å²) in [5.41, 5.74) is 5.30. The van der Waals surface area contributed by atoms with Crippen LogP contribution >= 0.6 is 0 Å². The minimum Gasteiger partial charge on any atom is -0.369 e. The smallest absolute Gasteiger partial charge is 0.257 e. The van der Waals surface area contributed by atoms with Crippen LogP contribution in [-0.4, -0.2) is 47.2 Å². The number of ketones is 1. The minimum atomic E-state index is -0.741. The van der Waals surface area contributed by atoms with Crippen LogP contribution in [-0.2, 0) is 9.59 Å². The van der Waals surface area contributed by atoms with Crippen LogP contribution in [0.25, 0.3) is 0 Å². The van der Waals surface area contributed by atoms with E-state index in [1.807, 2.05) is 0 Å². The highest BCUT2D eigenvalue weighted by Gasteiger charge is 2.48. The van der Waals surface area contributed by atoms with Gasteiger partial charge in [-0.05, 0) is 44.4 Å². The molecule has 0 aromatic carbocycles. The first-order chi connectivity index (χ1) is 13.4. The van der Waals surface area contributed by atoms with Gasteiger partial charge in [-0.2, -0.15) is 0 Å². The Morgan fingerprint density at radius 1 is 1.25 bits per heavy atom. The van der Waals surface area contributed by atoms with Gasteiger partial charge in [0.2, 0.25) is 0 Å². The maximum Gasteiger partial charge on any atom is 0.257 e.